The van der Waals surface area contributed by atoms with Gasteiger partial charge in [-0.1, -0.05) is 36.9 Å². The van der Waals surface area contributed by atoms with Gasteiger partial charge in [0.1, 0.15) is 11.5 Å². The number of ether oxygens (including phenoxy) is 1. The predicted octanol–water partition coefficient (Wildman–Crippen LogP) is 4.18. The first kappa shape index (κ1) is 12.4. The number of hydrogen-bond donors (Lipinski definition) is 1. The van der Waals surface area contributed by atoms with Gasteiger partial charge in [0.05, 0.1) is 6.10 Å². The van der Waals surface area contributed by atoms with Crippen molar-refractivity contribution >= 4 is 6.08 Å². The SMILES string of the molecule is C=Cc1ccc(Oc2ccc(C(C)O)cc2)cc1. The van der Waals surface area contributed by atoms with E-state index in [1.54, 1.807) is 13.0 Å². The summed E-state index contributed by atoms with van der Waals surface area (Å²) in [7, 11) is 0. The fraction of sp³-hybridized carbons (Fsp3) is 0.125. The summed E-state index contributed by atoms with van der Waals surface area (Å²) in [6, 6.07) is 15.1. The number of aliphatic hydroxyl groups is 1. The Hall–Kier alpha value is -2.06. The first-order chi connectivity index (χ1) is 8.69. The molecule has 0 bridgehead atoms. The molecule has 1 N–H and O–H groups in total. The zero-order chi connectivity index (χ0) is 13.0. The Kier molecular flexibility index (Phi) is 3.80. The number of rotatable bonds is 4. The van der Waals surface area contributed by atoms with Crippen LogP contribution in [0.25, 0.3) is 6.08 Å². The van der Waals surface area contributed by atoms with Gasteiger partial charge in [-0.3, -0.25) is 0 Å². The number of hydrogen-bond acceptors (Lipinski definition) is 2. The van der Waals surface area contributed by atoms with Crippen molar-refractivity contribution in [2.45, 2.75) is 13.0 Å². The van der Waals surface area contributed by atoms with Crippen molar-refractivity contribution < 1.29 is 9.84 Å². The highest BCUT2D eigenvalue weighted by Crippen LogP contribution is 2.23. The first-order valence-corrected chi connectivity index (χ1v) is 5.87. The molecule has 0 aliphatic carbocycles. The fourth-order valence-electron chi connectivity index (χ4n) is 1.62. The molecule has 2 aromatic carbocycles. The van der Waals surface area contributed by atoms with Crippen LogP contribution >= 0.6 is 0 Å². The van der Waals surface area contributed by atoms with Gasteiger partial charge in [0.2, 0.25) is 0 Å². The molecular weight excluding hydrogens is 224 g/mol. The molecule has 0 saturated heterocycles. The van der Waals surface area contributed by atoms with E-state index >= 15 is 0 Å². The van der Waals surface area contributed by atoms with Gasteiger partial charge in [0, 0.05) is 0 Å². The molecular formula is C16H16O2. The van der Waals surface area contributed by atoms with Crippen molar-refractivity contribution in [2.24, 2.45) is 0 Å². The van der Waals surface area contributed by atoms with Gasteiger partial charge >= 0.3 is 0 Å². The second-order valence-electron chi connectivity index (χ2n) is 4.12. The van der Waals surface area contributed by atoms with Crippen molar-refractivity contribution in [1.29, 1.82) is 0 Å². The van der Waals surface area contributed by atoms with Crippen LogP contribution in [0.15, 0.2) is 55.1 Å². The van der Waals surface area contributed by atoms with Crippen LogP contribution in [0.2, 0.25) is 0 Å². The average Bonchev–Trinajstić information content (AvgIpc) is 2.40. The van der Waals surface area contributed by atoms with Gasteiger partial charge in [-0.15, -0.1) is 0 Å². The molecule has 0 radical (unpaired) electrons. The molecule has 2 aromatic rings. The van der Waals surface area contributed by atoms with Crippen molar-refractivity contribution in [3.8, 4) is 11.5 Å². The van der Waals surface area contributed by atoms with Gasteiger partial charge in [-0.05, 0) is 42.3 Å². The molecule has 2 heteroatoms. The first-order valence-electron chi connectivity index (χ1n) is 5.87. The van der Waals surface area contributed by atoms with Crippen LogP contribution in [-0.2, 0) is 0 Å². The Morgan fingerprint density at radius 1 is 1.00 bits per heavy atom. The highest BCUT2D eigenvalue weighted by molar-refractivity contribution is 5.48. The molecule has 0 amide bonds. The van der Waals surface area contributed by atoms with Crippen LogP contribution in [-0.4, -0.2) is 5.11 Å². The second-order valence-corrected chi connectivity index (χ2v) is 4.12. The normalized spacial score (nSPS) is 11.9. The third-order valence-electron chi connectivity index (χ3n) is 2.71. The van der Waals surface area contributed by atoms with E-state index in [0.717, 1.165) is 22.6 Å². The quantitative estimate of drug-likeness (QED) is 0.868. The topological polar surface area (TPSA) is 29.5 Å². The van der Waals surface area contributed by atoms with Gasteiger partial charge in [-0.25, -0.2) is 0 Å². The third kappa shape index (κ3) is 2.99. The molecule has 92 valence electrons. The standard InChI is InChI=1S/C16H16O2/c1-3-13-4-8-15(9-5-13)18-16-10-6-14(7-11-16)12(2)17/h3-12,17H,1H2,2H3. The lowest BCUT2D eigenvalue weighted by Gasteiger charge is -2.08. The lowest BCUT2D eigenvalue weighted by molar-refractivity contribution is 0.199. The van der Waals surface area contributed by atoms with E-state index < -0.39 is 6.10 Å². The molecule has 18 heavy (non-hydrogen) atoms. The van der Waals surface area contributed by atoms with Gasteiger partial charge in [0.25, 0.3) is 0 Å². The number of aliphatic hydroxyl groups excluding tert-OH is 1. The lowest BCUT2D eigenvalue weighted by atomic mass is 10.1. The van der Waals surface area contributed by atoms with Crippen molar-refractivity contribution in [1.82, 2.24) is 0 Å². The van der Waals surface area contributed by atoms with Crippen LogP contribution in [0.1, 0.15) is 24.2 Å². The monoisotopic (exact) mass is 240 g/mol. The third-order valence-corrected chi connectivity index (χ3v) is 2.71. The summed E-state index contributed by atoms with van der Waals surface area (Å²) in [4.78, 5) is 0. The van der Waals surface area contributed by atoms with E-state index in [1.165, 1.54) is 0 Å². The van der Waals surface area contributed by atoms with E-state index in [4.69, 9.17) is 4.74 Å². The van der Waals surface area contributed by atoms with Crippen LogP contribution in [0.5, 0.6) is 11.5 Å². The summed E-state index contributed by atoms with van der Waals surface area (Å²) in [5.41, 5.74) is 1.94. The Morgan fingerprint density at radius 3 is 1.94 bits per heavy atom. The van der Waals surface area contributed by atoms with Crippen molar-refractivity contribution in [3.63, 3.8) is 0 Å². The second kappa shape index (κ2) is 5.52. The molecule has 2 rings (SSSR count). The van der Waals surface area contributed by atoms with Crippen LogP contribution in [0, 0.1) is 0 Å². The van der Waals surface area contributed by atoms with E-state index in [-0.39, 0.29) is 0 Å². The Morgan fingerprint density at radius 2 is 1.50 bits per heavy atom. The predicted molar refractivity (Wildman–Crippen MR) is 73.7 cm³/mol. The Balaban J connectivity index is 2.10. The smallest absolute Gasteiger partial charge is 0.127 e. The van der Waals surface area contributed by atoms with E-state index in [1.807, 2.05) is 48.5 Å². The average molecular weight is 240 g/mol. The highest BCUT2D eigenvalue weighted by atomic mass is 16.5. The maximum atomic E-state index is 9.41. The minimum absolute atomic E-state index is 0.453. The van der Waals surface area contributed by atoms with Gasteiger partial charge in [0.15, 0.2) is 0 Å². The van der Waals surface area contributed by atoms with Crippen molar-refractivity contribution in [2.75, 3.05) is 0 Å². The Bertz CT molecular complexity index is 510. The number of benzene rings is 2. The molecule has 2 nitrogen and oxygen atoms in total. The summed E-state index contributed by atoms with van der Waals surface area (Å²) in [5, 5.41) is 9.41. The maximum absolute atomic E-state index is 9.41. The minimum atomic E-state index is -0.453. The lowest BCUT2D eigenvalue weighted by Crippen LogP contribution is -1.90. The molecule has 0 aromatic heterocycles. The summed E-state index contributed by atoms with van der Waals surface area (Å²) < 4.78 is 5.70. The summed E-state index contributed by atoms with van der Waals surface area (Å²) >= 11 is 0. The molecule has 0 saturated carbocycles. The van der Waals surface area contributed by atoms with Crippen LogP contribution < -0.4 is 4.74 Å². The van der Waals surface area contributed by atoms with Gasteiger partial charge in [-0.2, -0.15) is 0 Å². The largest absolute Gasteiger partial charge is 0.457 e. The van der Waals surface area contributed by atoms with E-state index in [9.17, 15) is 5.11 Å². The fourth-order valence-corrected chi connectivity index (χ4v) is 1.62. The van der Waals surface area contributed by atoms with E-state index in [0.29, 0.717) is 0 Å². The zero-order valence-electron chi connectivity index (χ0n) is 10.3. The summed E-state index contributed by atoms with van der Waals surface area (Å²) in [6.07, 6.45) is 1.34. The zero-order valence-corrected chi connectivity index (χ0v) is 10.3. The molecule has 0 aliphatic heterocycles. The molecule has 0 fully saturated rings. The molecule has 0 spiro atoms. The molecule has 1 atom stereocenters. The molecule has 0 heterocycles. The minimum Gasteiger partial charge on any atom is -0.457 e. The highest BCUT2D eigenvalue weighted by Gasteiger charge is 2.01. The van der Waals surface area contributed by atoms with Crippen LogP contribution in [0.3, 0.4) is 0 Å². The van der Waals surface area contributed by atoms with Crippen molar-refractivity contribution in [3.05, 3.63) is 66.2 Å². The maximum Gasteiger partial charge on any atom is 0.127 e. The molecule has 0 aliphatic rings. The van der Waals surface area contributed by atoms with Gasteiger partial charge < -0.3 is 9.84 Å². The Labute approximate surface area is 107 Å². The van der Waals surface area contributed by atoms with Crippen LogP contribution in [0.4, 0.5) is 0 Å². The van der Waals surface area contributed by atoms with E-state index in [2.05, 4.69) is 6.58 Å². The summed E-state index contributed by atoms with van der Waals surface area (Å²) in [6.45, 7) is 5.45. The molecule has 1 unspecified atom stereocenters. The summed E-state index contributed by atoms with van der Waals surface area (Å²) in [5.74, 6) is 1.54.